The van der Waals surface area contributed by atoms with Crippen molar-refractivity contribution in [3.05, 3.63) is 76.4 Å². The van der Waals surface area contributed by atoms with Crippen LogP contribution in [0.25, 0.3) is 0 Å². The van der Waals surface area contributed by atoms with Crippen molar-refractivity contribution in [2.45, 2.75) is 31.3 Å². The molecule has 0 saturated carbocycles. The molecule has 0 unspecified atom stereocenters. The van der Waals surface area contributed by atoms with Crippen LogP contribution in [0.1, 0.15) is 22.6 Å². The summed E-state index contributed by atoms with van der Waals surface area (Å²) < 4.78 is 30.4. The lowest BCUT2D eigenvalue weighted by atomic mass is 10.2. The number of carbonyl (C=O) groups excluding carboxylic acids is 1. The number of carbonyl (C=O) groups is 1. The maximum Gasteiger partial charge on any atom is 0.224 e. The van der Waals surface area contributed by atoms with Crippen molar-refractivity contribution in [3.63, 3.8) is 0 Å². The fourth-order valence-corrected chi connectivity index (χ4v) is 4.61. The molecule has 0 aliphatic heterocycles. The first-order chi connectivity index (χ1) is 12.9. The third-order valence-corrected chi connectivity index (χ3v) is 6.76. The van der Waals surface area contributed by atoms with Gasteiger partial charge in [0.1, 0.15) is 5.76 Å². The van der Waals surface area contributed by atoms with Gasteiger partial charge in [0.05, 0.1) is 30.0 Å². The number of hydrogen-bond acceptors (Lipinski definition) is 5. The topological polar surface area (TPSA) is 67.6 Å². The molecule has 2 heterocycles. The Labute approximate surface area is 163 Å². The average molecular weight is 404 g/mol. The van der Waals surface area contributed by atoms with Crippen molar-refractivity contribution >= 4 is 27.1 Å². The Kier molecular flexibility index (Phi) is 6.13. The Morgan fingerprint density at radius 1 is 1.07 bits per heavy atom. The summed E-state index contributed by atoms with van der Waals surface area (Å²) in [5, 5.41) is 1.95. The van der Waals surface area contributed by atoms with Crippen molar-refractivity contribution in [3.8, 4) is 0 Å². The smallest absolute Gasteiger partial charge is 0.224 e. The second-order valence-electron chi connectivity index (χ2n) is 6.29. The van der Waals surface area contributed by atoms with Gasteiger partial charge in [-0.3, -0.25) is 4.79 Å². The Hall–Kier alpha value is -2.38. The predicted molar refractivity (Wildman–Crippen MR) is 105 cm³/mol. The molecule has 7 heteroatoms. The number of sulfone groups is 1. The lowest BCUT2D eigenvalue weighted by Crippen LogP contribution is -2.31. The molecule has 0 aliphatic carbocycles. The SMILES string of the molecule is Cc1ccc(S(=O)(=O)CCC(=O)N(Cc2ccco2)Cc2cccs2)cc1. The fraction of sp³-hybridized carbons (Fsp3) is 0.250. The van der Waals surface area contributed by atoms with Crippen molar-refractivity contribution in [2.75, 3.05) is 5.75 Å². The van der Waals surface area contributed by atoms with E-state index in [0.29, 0.717) is 18.8 Å². The normalized spacial score (nSPS) is 11.4. The van der Waals surface area contributed by atoms with E-state index < -0.39 is 9.84 Å². The third-order valence-electron chi connectivity index (χ3n) is 4.17. The van der Waals surface area contributed by atoms with Crippen LogP contribution in [-0.4, -0.2) is 25.0 Å². The maximum absolute atomic E-state index is 12.8. The molecule has 3 rings (SSSR count). The first-order valence-electron chi connectivity index (χ1n) is 8.56. The van der Waals surface area contributed by atoms with Crippen molar-refractivity contribution in [1.29, 1.82) is 0 Å². The van der Waals surface area contributed by atoms with Gasteiger partial charge < -0.3 is 9.32 Å². The Morgan fingerprint density at radius 3 is 2.48 bits per heavy atom. The second kappa shape index (κ2) is 8.54. The first kappa shape index (κ1) is 19.4. The van der Waals surface area contributed by atoms with Gasteiger partial charge in [0.15, 0.2) is 9.84 Å². The lowest BCUT2D eigenvalue weighted by molar-refractivity contribution is -0.132. The molecule has 0 fully saturated rings. The number of thiophene rings is 1. The van der Waals surface area contributed by atoms with E-state index in [0.717, 1.165) is 10.4 Å². The molecule has 2 aromatic heterocycles. The molecule has 27 heavy (non-hydrogen) atoms. The molecule has 5 nitrogen and oxygen atoms in total. The highest BCUT2D eigenvalue weighted by Crippen LogP contribution is 2.18. The quantitative estimate of drug-likeness (QED) is 0.569. The van der Waals surface area contributed by atoms with E-state index in [4.69, 9.17) is 4.42 Å². The van der Waals surface area contributed by atoms with Gasteiger partial charge in [-0.2, -0.15) is 0 Å². The standard InChI is InChI=1S/C20H21NO4S2/c1-16-6-8-19(9-7-16)27(23,24)13-10-20(22)21(14-17-4-2-11-25-17)15-18-5-3-12-26-18/h2-9,11-12H,10,13-15H2,1H3. The molecule has 0 radical (unpaired) electrons. The highest BCUT2D eigenvalue weighted by Gasteiger charge is 2.21. The molecule has 142 valence electrons. The van der Waals surface area contributed by atoms with Crippen molar-refractivity contribution in [1.82, 2.24) is 4.90 Å². The van der Waals surface area contributed by atoms with Crippen LogP contribution >= 0.6 is 11.3 Å². The van der Waals surface area contributed by atoms with Crippen LogP contribution in [0.3, 0.4) is 0 Å². The molecular weight excluding hydrogens is 382 g/mol. The first-order valence-corrected chi connectivity index (χ1v) is 11.1. The van der Waals surface area contributed by atoms with Crippen LogP contribution in [0.2, 0.25) is 0 Å². The van der Waals surface area contributed by atoms with Gasteiger partial charge in [-0.1, -0.05) is 23.8 Å². The lowest BCUT2D eigenvalue weighted by Gasteiger charge is -2.21. The minimum Gasteiger partial charge on any atom is -0.467 e. The molecule has 0 bridgehead atoms. The van der Waals surface area contributed by atoms with Crippen molar-refractivity contribution in [2.24, 2.45) is 0 Å². The zero-order chi connectivity index (χ0) is 19.3. The Balaban J connectivity index is 1.68. The third kappa shape index (κ3) is 5.30. The summed E-state index contributed by atoms with van der Waals surface area (Å²) in [5.74, 6) is 0.241. The zero-order valence-electron chi connectivity index (χ0n) is 15.0. The van der Waals surface area contributed by atoms with Crippen LogP contribution in [0, 0.1) is 6.92 Å². The highest BCUT2D eigenvalue weighted by atomic mass is 32.2. The molecule has 1 amide bonds. The van der Waals surface area contributed by atoms with E-state index in [9.17, 15) is 13.2 Å². The minimum atomic E-state index is -3.50. The fourth-order valence-electron chi connectivity index (χ4n) is 2.66. The zero-order valence-corrected chi connectivity index (χ0v) is 16.6. The summed E-state index contributed by atoms with van der Waals surface area (Å²) >= 11 is 1.56. The van der Waals surface area contributed by atoms with Gasteiger partial charge >= 0.3 is 0 Å². The van der Waals surface area contributed by atoms with Gasteiger partial charge in [-0.25, -0.2) is 8.42 Å². The Morgan fingerprint density at radius 2 is 1.85 bits per heavy atom. The summed E-state index contributed by atoms with van der Waals surface area (Å²) in [7, 11) is -3.50. The van der Waals surface area contributed by atoms with Gasteiger partial charge in [-0.15, -0.1) is 11.3 Å². The molecule has 1 aromatic carbocycles. The second-order valence-corrected chi connectivity index (χ2v) is 9.43. The van der Waals surface area contributed by atoms with E-state index in [1.807, 2.05) is 24.4 Å². The molecule has 0 saturated heterocycles. The summed E-state index contributed by atoms with van der Waals surface area (Å²) in [6.45, 7) is 2.65. The van der Waals surface area contributed by atoms with Crippen LogP contribution in [-0.2, 0) is 27.7 Å². The van der Waals surface area contributed by atoms with Crippen LogP contribution in [0.4, 0.5) is 0 Å². The molecule has 0 N–H and O–H groups in total. The largest absolute Gasteiger partial charge is 0.467 e. The van der Waals surface area contributed by atoms with Crippen LogP contribution < -0.4 is 0 Å². The molecular formula is C20H21NO4S2. The maximum atomic E-state index is 12.8. The molecule has 0 atom stereocenters. The molecule has 0 aliphatic rings. The van der Waals surface area contributed by atoms with Gasteiger partial charge in [0.2, 0.25) is 5.91 Å². The number of benzene rings is 1. The van der Waals surface area contributed by atoms with Gasteiger partial charge in [0, 0.05) is 11.3 Å². The van der Waals surface area contributed by atoms with E-state index in [-0.39, 0.29) is 23.0 Å². The van der Waals surface area contributed by atoms with E-state index >= 15 is 0 Å². The highest BCUT2D eigenvalue weighted by molar-refractivity contribution is 7.91. The number of hydrogen-bond donors (Lipinski definition) is 0. The number of furan rings is 1. The van der Waals surface area contributed by atoms with Crippen LogP contribution in [0.5, 0.6) is 0 Å². The summed E-state index contributed by atoms with van der Waals surface area (Å²) in [4.78, 5) is 15.7. The summed E-state index contributed by atoms with van der Waals surface area (Å²) in [6, 6.07) is 14.1. The minimum absolute atomic E-state index is 0.0672. The summed E-state index contributed by atoms with van der Waals surface area (Å²) in [6.07, 6.45) is 1.49. The van der Waals surface area contributed by atoms with Gasteiger partial charge in [-0.05, 0) is 42.6 Å². The van der Waals surface area contributed by atoms with Crippen molar-refractivity contribution < 1.29 is 17.6 Å². The number of rotatable bonds is 8. The predicted octanol–water partition coefficient (Wildman–Crippen LogP) is 4.04. The number of aryl methyl sites for hydroxylation is 1. The van der Waals surface area contributed by atoms with Crippen LogP contribution in [0.15, 0.2) is 69.5 Å². The number of amides is 1. The van der Waals surface area contributed by atoms with E-state index in [1.54, 1.807) is 58.9 Å². The van der Waals surface area contributed by atoms with E-state index in [2.05, 4.69) is 0 Å². The summed E-state index contributed by atoms with van der Waals surface area (Å²) in [5.41, 5.74) is 0.991. The van der Waals surface area contributed by atoms with Gasteiger partial charge in [0.25, 0.3) is 0 Å². The molecule has 3 aromatic rings. The van der Waals surface area contributed by atoms with E-state index in [1.165, 1.54) is 0 Å². The monoisotopic (exact) mass is 403 g/mol. The number of nitrogens with zero attached hydrogens (tertiary/aromatic N) is 1. The average Bonchev–Trinajstić information content (AvgIpc) is 3.34. The Bertz CT molecular complexity index is 923. The molecule has 0 spiro atoms.